The number of halogens is 1. The molecule has 3 aliphatic heterocycles. The molecule has 0 bridgehead atoms. The van der Waals surface area contributed by atoms with Gasteiger partial charge in [-0.2, -0.15) is 14.0 Å². The van der Waals surface area contributed by atoms with E-state index in [1.54, 1.807) is 11.2 Å². The van der Waals surface area contributed by atoms with Crippen LogP contribution in [0.2, 0.25) is 0 Å². The van der Waals surface area contributed by atoms with Crippen LogP contribution in [0.3, 0.4) is 0 Å². The van der Waals surface area contributed by atoms with Gasteiger partial charge in [-0.1, -0.05) is 18.2 Å². The van der Waals surface area contributed by atoms with Crippen molar-refractivity contribution in [2.45, 2.75) is 0 Å². The summed E-state index contributed by atoms with van der Waals surface area (Å²) in [6.07, 6.45) is 5.08. The second kappa shape index (κ2) is 6.21. The van der Waals surface area contributed by atoms with Crippen LogP contribution in [-0.2, 0) is 9.13 Å². The fraction of sp³-hybridized carbons (Fsp3) is 0.267. The molecule has 9 nitrogen and oxygen atoms in total. The number of morpholine rings is 1. The SMILES string of the molecule is [O-][Cl+3]([O-])([O-])O[N+]1=C2c3ccccc3C=CN2NC(N2CCOCC2)=C1. The van der Waals surface area contributed by atoms with Gasteiger partial charge in [0.05, 0.1) is 23.5 Å². The van der Waals surface area contributed by atoms with Crippen molar-refractivity contribution in [3.8, 4) is 0 Å². The maximum absolute atomic E-state index is 11.2. The number of nitrogens with zero attached hydrogens (tertiary/aromatic N) is 3. The standard InChI is InChI=1S/C15H16ClN4O5/c21-16(22,23)25-20-11-14(18-7-9-24-10-8-18)17-19-6-5-12-3-1-2-4-13(12)15(19)20/h1-6,11,17H,7-10H2/q+1. The minimum absolute atomic E-state index is 0.391. The van der Waals surface area contributed by atoms with E-state index in [2.05, 4.69) is 9.82 Å². The number of hydrazine groups is 1. The summed E-state index contributed by atoms with van der Waals surface area (Å²) in [7, 11) is -4.65. The van der Waals surface area contributed by atoms with Crippen molar-refractivity contribution < 1.29 is 38.1 Å². The highest BCUT2D eigenvalue weighted by molar-refractivity contribution is 6.01. The van der Waals surface area contributed by atoms with Gasteiger partial charge >= 0.3 is 5.84 Å². The highest BCUT2D eigenvalue weighted by Crippen LogP contribution is 2.23. The number of ether oxygens (including phenoxy) is 1. The van der Waals surface area contributed by atoms with Crippen LogP contribution in [0.15, 0.2) is 42.5 Å². The summed E-state index contributed by atoms with van der Waals surface area (Å²) < 4.78 is 44.5. The molecular formula is C15H16ClN4O5+. The van der Waals surface area contributed by atoms with Gasteiger partial charge in [-0.15, -0.1) is 5.01 Å². The molecule has 0 aromatic heterocycles. The van der Waals surface area contributed by atoms with E-state index in [-0.39, 0.29) is 0 Å². The Hall–Kier alpha value is -2.30. The molecule has 0 unspecified atom stereocenters. The Bertz CT molecular complexity index is 767. The number of hydrogen-bond acceptors (Lipinski definition) is 8. The highest BCUT2D eigenvalue weighted by Gasteiger charge is 2.41. The summed E-state index contributed by atoms with van der Waals surface area (Å²) in [5.74, 6) is 0.997. The molecule has 0 radical (unpaired) electrons. The van der Waals surface area contributed by atoms with Gasteiger partial charge in [0.25, 0.3) is 0 Å². The van der Waals surface area contributed by atoms with Crippen LogP contribution in [0.25, 0.3) is 6.08 Å². The van der Waals surface area contributed by atoms with E-state index in [0.29, 0.717) is 38.0 Å². The number of hydrogen-bond donors (Lipinski definition) is 1. The van der Waals surface area contributed by atoms with Gasteiger partial charge in [0.2, 0.25) is 0 Å². The monoisotopic (exact) mass is 367 g/mol. The zero-order valence-corrected chi connectivity index (χ0v) is 13.9. The number of hydroxylamine groups is 1. The average Bonchev–Trinajstić information content (AvgIpc) is 2.60. The molecule has 0 spiro atoms. The topological polar surface area (TPSA) is 109 Å². The number of amidine groups is 1. The van der Waals surface area contributed by atoms with Gasteiger partial charge in [-0.3, -0.25) is 0 Å². The van der Waals surface area contributed by atoms with Crippen molar-refractivity contribution >= 4 is 11.9 Å². The van der Waals surface area contributed by atoms with Crippen molar-refractivity contribution in [3.05, 3.63) is 53.6 Å². The lowest BCUT2D eigenvalue weighted by Crippen LogP contribution is -2.63. The maximum atomic E-state index is 11.2. The summed E-state index contributed by atoms with van der Waals surface area (Å²) in [5.41, 5.74) is 4.81. The Morgan fingerprint density at radius 2 is 1.92 bits per heavy atom. The molecular weight excluding hydrogens is 352 g/mol. The third kappa shape index (κ3) is 3.28. The van der Waals surface area contributed by atoms with Gasteiger partial charge in [0.1, 0.15) is 10.6 Å². The first kappa shape index (κ1) is 16.2. The molecule has 1 fully saturated rings. The molecule has 0 atom stereocenters. The molecule has 1 aromatic rings. The molecule has 3 aliphatic rings. The third-order valence-electron chi connectivity index (χ3n) is 4.03. The molecule has 1 aromatic carbocycles. The Labute approximate surface area is 145 Å². The Morgan fingerprint density at radius 1 is 1.16 bits per heavy atom. The third-order valence-corrected chi connectivity index (χ3v) is 4.34. The van der Waals surface area contributed by atoms with Crippen LogP contribution < -0.4 is 19.4 Å². The predicted molar refractivity (Wildman–Crippen MR) is 76.4 cm³/mol. The lowest BCUT2D eigenvalue weighted by Gasteiger charge is -2.33. The Morgan fingerprint density at radius 3 is 2.68 bits per heavy atom. The van der Waals surface area contributed by atoms with Crippen LogP contribution in [0.4, 0.5) is 0 Å². The zero-order chi connectivity index (χ0) is 17.4. The van der Waals surface area contributed by atoms with Crippen molar-refractivity contribution in [2.75, 3.05) is 26.3 Å². The first-order chi connectivity index (χ1) is 12.0. The van der Waals surface area contributed by atoms with E-state index in [0.717, 1.165) is 15.9 Å². The average molecular weight is 368 g/mol. The van der Waals surface area contributed by atoms with E-state index in [4.69, 9.17) is 4.74 Å². The van der Waals surface area contributed by atoms with Gasteiger partial charge in [0.15, 0.2) is 22.3 Å². The van der Waals surface area contributed by atoms with Crippen molar-refractivity contribution in [2.24, 2.45) is 0 Å². The molecule has 0 amide bonds. The molecule has 1 N–H and O–H groups in total. The Kier molecular flexibility index (Phi) is 4.02. The quantitative estimate of drug-likeness (QED) is 0.571. The summed E-state index contributed by atoms with van der Waals surface area (Å²) in [4.78, 5) is 1.99. The van der Waals surface area contributed by atoms with E-state index in [9.17, 15) is 14.0 Å². The van der Waals surface area contributed by atoms with Gasteiger partial charge in [-0.25, -0.2) is 5.43 Å². The second-order valence-electron chi connectivity index (χ2n) is 5.59. The van der Waals surface area contributed by atoms with Crippen molar-refractivity contribution in [3.63, 3.8) is 0 Å². The minimum atomic E-state index is -4.65. The van der Waals surface area contributed by atoms with Gasteiger partial charge in [0, 0.05) is 13.1 Å². The van der Waals surface area contributed by atoms with E-state index >= 15 is 0 Å². The molecule has 25 heavy (non-hydrogen) atoms. The maximum Gasteiger partial charge on any atom is 0.367 e. The number of fused-ring (bicyclic) bond motifs is 3. The number of rotatable bonds is 3. The molecule has 10 heteroatoms. The van der Waals surface area contributed by atoms with Crippen LogP contribution in [0.1, 0.15) is 11.1 Å². The molecule has 3 heterocycles. The van der Waals surface area contributed by atoms with Crippen LogP contribution in [0.5, 0.6) is 0 Å². The smallest absolute Gasteiger partial charge is 0.367 e. The summed E-state index contributed by atoms with van der Waals surface area (Å²) in [5, 5.41) is 1.62. The molecule has 4 rings (SSSR count). The zero-order valence-electron chi connectivity index (χ0n) is 13.1. The fourth-order valence-corrected chi connectivity index (χ4v) is 3.23. The molecule has 0 aliphatic carbocycles. The first-order valence-electron chi connectivity index (χ1n) is 7.66. The highest BCUT2D eigenvalue weighted by atomic mass is 35.7. The lowest BCUT2D eigenvalue weighted by molar-refractivity contribution is -1.94. The summed E-state index contributed by atoms with van der Waals surface area (Å²) in [6.45, 7) is 2.40. The lowest BCUT2D eigenvalue weighted by atomic mass is 10.0. The number of nitrogens with one attached hydrogen (secondary N) is 1. The molecule has 132 valence electrons. The molecule has 1 saturated heterocycles. The first-order valence-corrected chi connectivity index (χ1v) is 8.89. The minimum Gasteiger partial charge on any atom is -0.378 e. The van der Waals surface area contributed by atoms with E-state index in [1.807, 2.05) is 35.2 Å². The molecule has 0 saturated carbocycles. The van der Waals surface area contributed by atoms with Crippen molar-refractivity contribution in [1.29, 1.82) is 0 Å². The summed E-state index contributed by atoms with van der Waals surface area (Å²) >= 11 is 0. The fourth-order valence-electron chi connectivity index (χ4n) is 2.94. The van der Waals surface area contributed by atoms with Crippen LogP contribution in [0, 0.1) is 10.2 Å². The van der Waals surface area contributed by atoms with Crippen LogP contribution in [-0.4, -0.2) is 46.8 Å². The normalized spacial score (nSPS) is 19.9. The van der Waals surface area contributed by atoms with E-state index < -0.39 is 10.2 Å². The van der Waals surface area contributed by atoms with E-state index in [1.165, 1.54) is 6.20 Å². The largest absolute Gasteiger partial charge is 0.378 e. The van der Waals surface area contributed by atoms with Crippen molar-refractivity contribution in [1.82, 2.24) is 15.3 Å². The second-order valence-corrected chi connectivity index (χ2v) is 6.49. The van der Waals surface area contributed by atoms with Gasteiger partial charge < -0.3 is 9.64 Å². The predicted octanol–water partition coefficient (Wildman–Crippen LogP) is -2.79. The summed E-state index contributed by atoms with van der Waals surface area (Å²) in [6, 6.07) is 7.41. The Balaban J connectivity index is 1.79. The number of benzene rings is 1. The van der Waals surface area contributed by atoms with Gasteiger partial charge in [-0.05, 0) is 17.7 Å². The van der Waals surface area contributed by atoms with Crippen LogP contribution >= 0.6 is 0 Å².